The molecule has 0 aliphatic carbocycles. The van der Waals surface area contributed by atoms with E-state index in [1.165, 1.54) is 5.56 Å². The van der Waals surface area contributed by atoms with Gasteiger partial charge >= 0.3 is 0 Å². The average Bonchev–Trinajstić information content (AvgIpc) is 2.57. The van der Waals surface area contributed by atoms with Crippen LogP contribution in [0.4, 0.5) is 0 Å². The summed E-state index contributed by atoms with van der Waals surface area (Å²) in [6, 6.07) is 2.75. The highest BCUT2D eigenvalue weighted by Crippen LogP contribution is 2.40. The number of hydrogen-bond acceptors (Lipinski definition) is 2. The summed E-state index contributed by atoms with van der Waals surface area (Å²) < 4.78 is 5.71. The van der Waals surface area contributed by atoms with E-state index in [0.29, 0.717) is 12.6 Å². The fourth-order valence-corrected chi connectivity index (χ4v) is 2.44. The molecule has 16 heavy (non-hydrogen) atoms. The lowest BCUT2D eigenvalue weighted by molar-refractivity contribution is 0.303. The third-order valence-corrected chi connectivity index (χ3v) is 3.56. The van der Waals surface area contributed by atoms with Crippen molar-refractivity contribution in [3.63, 3.8) is 0 Å². The van der Waals surface area contributed by atoms with E-state index in [9.17, 15) is 0 Å². The number of ether oxygens (including phenoxy) is 1. The van der Waals surface area contributed by atoms with Gasteiger partial charge in [0, 0.05) is 16.6 Å². The molecule has 0 spiro atoms. The summed E-state index contributed by atoms with van der Waals surface area (Å²) in [4.78, 5) is 0. The fraction of sp³-hybridized carbons (Fsp3) is 0.538. The van der Waals surface area contributed by atoms with Crippen LogP contribution < -0.4 is 10.1 Å². The minimum absolute atomic E-state index is 0.271. The second-order valence-electron chi connectivity index (χ2n) is 4.73. The van der Waals surface area contributed by atoms with Gasteiger partial charge in [0.1, 0.15) is 12.4 Å². The Hall–Kier alpha value is -0.730. The third kappa shape index (κ3) is 1.92. The van der Waals surface area contributed by atoms with Crippen LogP contribution in [-0.4, -0.2) is 12.6 Å². The standard InChI is InChI=1S/C13H18ClNO/c1-7(2)15-10-6-16-11-5-8(3)13(14)9(4)12(10)11/h5,7,10,15H,6H2,1-4H3. The molecule has 0 saturated carbocycles. The summed E-state index contributed by atoms with van der Waals surface area (Å²) >= 11 is 6.28. The van der Waals surface area contributed by atoms with Crippen LogP contribution in [0, 0.1) is 13.8 Å². The van der Waals surface area contributed by atoms with E-state index in [1.54, 1.807) is 0 Å². The zero-order chi connectivity index (χ0) is 11.9. The van der Waals surface area contributed by atoms with Gasteiger partial charge in [0.25, 0.3) is 0 Å². The van der Waals surface area contributed by atoms with Gasteiger partial charge in [-0.25, -0.2) is 0 Å². The van der Waals surface area contributed by atoms with E-state index < -0.39 is 0 Å². The molecule has 0 radical (unpaired) electrons. The van der Waals surface area contributed by atoms with Crippen LogP contribution in [-0.2, 0) is 0 Å². The zero-order valence-electron chi connectivity index (χ0n) is 10.2. The van der Waals surface area contributed by atoms with Crippen LogP contribution in [0.5, 0.6) is 5.75 Å². The second-order valence-corrected chi connectivity index (χ2v) is 5.11. The van der Waals surface area contributed by atoms with Crippen molar-refractivity contribution in [1.82, 2.24) is 5.32 Å². The van der Waals surface area contributed by atoms with Gasteiger partial charge in [-0.15, -0.1) is 0 Å². The molecule has 1 heterocycles. The Morgan fingerprint density at radius 2 is 2.12 bits per heavy atom. The molecule has 3 heteroatoms. The molecule has 0 aromatic heterocycles. The highest BCUT2D eigenvalue weighted by Gasteiger charge is 2.28. The molecule has 0 fully saturated rings. The first-order valence-corrected chi connectivity index (χ1v) is 6.07. The highest BCUT2D eigenvalue weighted by atomic mass is 35.5. The number of hydrogen-bond donors (Lipinski definition) is 1. The zero-order valence-corrected chi connectivity index (χ0v) is 11.0. The Balaban J connectivity index is 2.42. The molecule has 1 aromatic rings. The summed E-state index contributed by atoms with van der Waals surface area (Å²) in [5.74, 6) is 0.984. The average molecular weight is 240 g/mol. The Morgan fingerprint density at radius 3 is 2.75 bits per heavy atom. The highest BCUT2D eigenvalue weighted by molar-refractivity contribution is 6.32. The lowest BCUT2D eigenvalue weighted by atomic mass is 9.99. The molecule has 1 atom stereocenters. The molecule has 88 valence electrons. The monoisotopic (exact) mass is 239 g/mol. The number of halogens is 1. The number of fused-ring (bicyclic) bond motifs is 1. The van der Waals surface area contributed by atoms with Gasteiger partial charge in [-0.3, -0.25) is 0 Å². The van der Waals surface area contributed by atoms with Gasteiger partial charge in [-0.1, -0.05) is 25.4 Å². The second kappa shape index (κ2) is 4.27. The Labute approximate surface area is 102 Å². The lowest BCUT2D eigenvalue weighted by Crippen LogP contribution is -2.29. The fourth-order valence-electron chi connectivity index (χ4n) is 2.28. The predicted octanol–water partition coefficient (Wildman–Crippen LogP) is 3.39. The van der Waals surface area contributed by atoms with E-state index in [0.717, 1.165) is 21.9 Å². The minimum Gasteiger partial charge on any atom is -0.491 e. The molecule has 0 saturated heterocycles. The van der Waals surface area contributed by atoms with Gasteiger partial charge in [-0.05, 0) is 31.0 Å². The number of nitrogens with one attached hydrogen (secondary N) is 1. The first kappa shape index (κ1) is 11.7. The minimum atomic E-state index is 0.271. The van der Waals surface area contributed by atoms with E-state index in [2.05, 4.69) is 26.1 Å². The van der Waals surface area contributed by atoms with E-state index in [-0.39, 0.29) is 6.04 Å². The molecular formula is C13H18ClNO. The van der Waals surface area contributed by atoms with Gasteiger partial charge in [0.05, 0.1) is 6.04 Å². The molecule has 0 amide bonds. The van der Waals surface area contributed by atoms with Gasteiger partial charge in [0.2, 0.25) is 0 Å². The summed E-state index contributed by atoms with van der Waals surface area (Å²) in [5.41, 5.74) is 3.46. The molecular weight excluding hydrogens is 222 g/mol. The van der Waals surface area contributed by atoms with Crippen molar-refractivity contribution in [3.05, 3.63) is 27.8 Å². The number of aryl methyl sites for hydroxylation is 1. The van der Waals surface area contributed by atoms with Crippen LogP contribution in [0.2, 0.25) is 5.02 Å². The first-order chi connectivity index (χ1) is 7.50. The SMILES string of the molecule is Cc1cc2c(c(C)c1Cl)C(NC(C)C)CO2. The lowest BCUT2D eigenvalue weighted by Gasteiger charge is -2.17. The van der Waals surface area contributed by atoms with Crippen molar-refractivity contribution in [3.8, 4) is 5.75 Å². The summed E-state index contributed by atoms with van der Waals surface area (Å²) in [6.07, 6.45) is 0. The van der Waals surface area contributed by atoms with Crippen LogP contribution in [0.25, 0.3) is 0 Å². The van der Waals surface area contributed by atoms with E-state index in [1.807, 2.05) is 13.0 Å². The normalized spacial score (nSPS) is 18.8. The van der Waals surface area contributed by atoms with Gasteiger partial charge < -0.3 is 10.1 Å². The van der Waals surface area contributed by atoms with Crippen molar-refractivity contribution in [2.75, 3.05) is 6.61 Å². The topological polar surface area (TPSA) is 21.3 Å². The van der Waals surface area contributed by atoms with Crippen LogP contribution in [0.15, 0.2) is 6.07 Å². The predicted molar refractivity (Wildman–Crippen MR) is 67.4 cm³/mol. The third-order valence-electron chi connectivity index (χ3n) is 2.98. The molecule has 1 aliphatic rings. The van der Waals surface area contributed by atoms with E-state index >= 15 is 0 Å². The number of rotatable bonds is 2. The summed E-state index contributed by atoms with van der Waals surface area (Å²) in [7, 11) is 0. The maximum atomic E-state index is 6.28. The Morgan fingerprint density at radius 1 is 1.44 bits per heavy atom. The summed E-state index contributed by atoms with van der Waals surface area (Å²) in [5, 5.41) is 4.36. The van der Waals surface area contributed by atoms with Crippen LogP contribution in [0.3, 0.4) is 0 Å². The number of benzene rings is 1. The molecule has 1 N–H and O–H groups in total. The maximum Gasteiger partial charge on any atom is 0.124 e. The quantitative estimate of drug-likeness (QED) is 0.854. The Bertz CT molecular complexity index is 415. The van der Waals surface area contributed by atoms with Crippen molar-refractivity contribution in [2.24, 2.45) is 0 Å². The molecule has 0 bridgehead atoms. The van der Waals surface area contributed by atoms with Crippen LogP contribution in [0.1, 0.15) is 36.6 Å². The van der Waals surface area contributed by atoms with Crippen molar-refractivity contribution in [2.45, 2.75) is 39.8 Å². The van der Waals surface area contributed by atoms with Gasteiger partial charge in [-0.2, -0.15) is 0 Å². The molecule has 1 aliphatic heterocycles. The van der Waals surface area contributed by atoms with Crippen LogP contribution >= 0.6 is 11.6 Å². The van der Waals surface area contributed by atoms with Crippen molar-refractivity contribution in [1.29, 1.82) is 0 Å². The Kier molecular flexibility index (Phi) is 3.13. The van der Waals surface area contributed by atoms with Crippen molar-refractivity contribution >= 4 is 11.6 Å². The largest absolute Gasteiger partial charge is 0.491 e. The summed E-state index contributed by atoms with van der Waals surface area (Å²) in [6.45, 7) is 9.07. The molecule has 1 unspecified atom stereocenters. The molecule has 1 aromatic carbocycles. The van der Waals surface area contributed by atoms with Gasteiger partial charge in [0.15, 0.2) is 0 Å². The molecule has 2 nitrogen and oxygen atoms in total. The maximum absolute atomic E-state index is 6.28. The smallest absolute Gasteiger partial charge is 0.124 e. The van der Waals surface area contributed by atoms with E-state index in [4.69, 9.17) is 16.3 Å². The van der Waals surface area contributed by atoms with Crippen molar-refractivity contribution < 1.29 is 4.74 Å². The molecule has 2 rings (SSSR count). The first-order valence-electron chi connectivity index (χ1n) is 5.69.